The van der Waals surface area contributed by atoms with Gasteiger partial charge in [0.25, 0.3) is 0 Å². The van der Waals surface area contributed by atoms with Crippen molar-refractivity contribution in [3.8, 4) is 12.3 Å². The molecule has 0 radical (unpaired) electrons. The zero-order chi connectivity index (χ0) is 62.5. The van der Waals surface area contributed by atoms with Crippen LogP contribution in [0, 0.1) is 35.0 Å². The molecular formula is C48H75N13O23. The number of nitrogens with zero attached hydrogens (tertiary/aromatic N) is 1. The van der Waals surface area contributed by atoms with Crippen LogP contribution in [0.25, 0.3) is 0 Å². The van der Waals surface area contributed by atoms with E-state index in [1.54, 1.807) is 0 Å². The number of aliphatic hydroxyl groups is 4. The number of hydrogen-bond acceptors (Lipinski definition) is 23. The Morgan fingerprint density at radius 1 is 0.631 bits per heavy atom. The van der Waals surface area contributed by atoms with E-state index in [1.165, 1.54) is 4.90 Å². The highest BCUT2D eigenvalue weighted by Gasteiger charge is 2.49. The Bertz CT molecular complexity index is 2260. The smallest absolute Gasteiger partial charge is 0.407 e. The molecule has 0 bridgehead atoms. The molecular weight excluding hydrogens is 1130 g/mol. The molecule has 3 aliphatic rings. The molecule has 0 saturated carbocycles. The van der Waals surface area contributed by atoms with Crippen molar-refractivity contribution in [2.24, 2.45) is 23.3 Å². The molecule has 0 aromatic rings. The Kier molecular flexibility index (Phi) is 30.2. The van der Waals surface area contributed by atoms with E-state index >= 15 is 0 Å². The molecule has 0 spiro atoms. The third-order valence-electron chi connectivity index (χ3n) is 12.2. The summed E-state index contributed by atoms with van der Waals surface area (Å²) in [6, 6.07) is -5.25. The van der Waals surface area contributed by atoms with Crippen LogP contribution >= 0.6 is 0 Å². The van der Waals surface area contributed by atoms with Crippen LogP contribution < -0.4 is 54.0 Å². The molecule has 470 valence electrons. The van der Waals surface area contributed by atoms with Gasteiger partial charge in [0.15, 0.2) is 36.3 Å². The summed E-state index contributed by atoms with van der Waals surface area (Å²) in [5, 5.41) is 95.5. The summed E-state index contributed by atoms with van der Waals surface area (Å²) >= 11 is 0. The van der Waals surface area contributed by atoms with E-state index < -0.39 is 176 Å². The van der Waals surface area contributed by atoms with Crippen molar-refractivity contribution in [3.05, 3.63) is 23.7 Å². The van der Waals surface area contributed by atoms with E-state index in [2.05, 4.69) is 48.5 Å². The highest BCUT2D eigenvalue weighted by Crippen LogP contribution is 2.28. The van der Waals surface area contributed by atoms with Crippen LogP contribution in [0.5, 0.6) is 0 Å². The number of aliphatic hydroxyl groups excluding tert-OH is 4. The number of nitrogens with two attached hydrogens (primary N) is 2. The van der Waals surface area contributed by atoms with Gasteiger partial charge in [-0.25, -0.2) is 19.2 Å². The van der Waals surface area contributed by atoms with E-state index in [-0.39, 0.29) is 72.2 Å². The van der Waals surface area contributed by atoms with Gasteiger partial charge in [0.2, 0.25) is 41.1 Å². The topological polar surface area (TPSA) is 548 Å². The van der Waals surface area contributed by atoms with Crippen LogP contribution in [-0.2, 0) is 71.5 Å². The van der Waals surface area contributed by atoms with Crippen molar-refractivity contribution in [2.75, 3.05) is 105 Å². The molecule has 0 aromatic carbocycles. The average Bonchev–Trinajstić information content (AvgIpc) is 1.91. The molecule has 3 heterocycles. The first-order valence-electron chi connectivity index (χ1n) is 26.0. The Morgan fingerprint density at radius 3 is 1.35 bits per heavy atom. The highest BCUT2D eigenvalue weighted by atomic mass is 16.6. The Balaban J connectivity index is 1.69. The molecule has 1 saturated heterocycles. The quantitative estimate of drug-likeness (QED) is 0.0121. The lowest BCUT2D eigenvalue weighted by Gasteiger charge is -2.41. The lowest BCUT2D eigenvalue weighted by Crippen LogP contribution is -2.65. The number of guanidine groups is 2. The number of carbonyl (C=O) groups excluding carboxylic acids is 7. The normalized spacial score (nSPS) is 22.1. The first-order valence-corrected chi connectivity index (χ1v) is 26.0. The number of alkyl carbamates (subject to hydrolysis) is 2. The molecule has 36 heteroatoms. The van der Waals surface area contributed by atoms with E-state index in [9.17, 15) is 73.8 Å². The van der Waals surface area contributed by atoms with Crippen molar-refractivity contribution < 1.29 is 112 Å². The molecule has 3 rings (SSSR count). The molecule has 0 unspecified atom stereocenters. The van der Waals surface area contributed by atoms with E-state index in [0.717, 1.165) is 26.0 Å². The minimum atomic E-state index is -1.94. The predicted molar refractivity (Wildman–Crippen MR) is 283 cm³/mol. The van der Waals surface area contributed by atoms with E-state index in [1.807, 2.05) is 0 Å². The zero-order valence-electron chi connectivity index (χ0n) is 45.9. The number of aliphatic carboxylic acids is 2. The zero-order valence-corrected chi connectivity index (χ0v) is 45.9. The number of likely N-dealkylation sites (tertiary alicyclic amines) is 1. The Morgan fingerprint density at radius 2 is 1.00 bits per heavy atom. The van der Waals surface area contributed by atoms with Gasteiger partial charge in [0, 0.05) is 53.1 Å². The van der Waals surface area contributed by atoms with Gasteiger partial charge in [-0.15, -0.1) is 6.42 Å². The van der Waals surface area contributed by atoms with Gasteiger partial charge < -0.3 is 127 Å². The van der Waals surface area contributed by atoms with Crippen LogP contribution in [0.4, 0.5) is 9.59 Å². The SMILES string of the molecule is C#CCOCCOCCOCCOCCC(=O)N1C[C@H](C(=O)NCCNC(=O)O[C@@H]([C@@H]2OC(C(=O)O)=C[C@H](NC(=N)N)[C@H]2NC(C)=O)[C@H](O)CO)[C@H](C(=O)NCCNC(=O)O[C@@H]([C@@H]2OC(C(=O)O)=C[C@H](NC(=N)N)[C@H]2NC(C)=O)[C@H](O)CO)C1. The summed E-state index contributed by atoms with van der Waals surface area (Å²) < 4.78 is 43.2. The molecule has 12 atom stereocenters. The maximum Gasteiger partial charge on any atom is 0.407 e. The number of hydrogen-bond donors (Lipinski definition) is 18. The molecule has 20 N–H and O–H groups in total. The predicted octanol–water partition coefficient (Wildman–Crippen LogP) is -8.27. The van der Waals surface area contributed by atoms with Gasteiger partial charge in [-0.2, -0.15) is 0 Å². The first-order chi connectivity index (χ1) is 39.9. The van der Waals surface area contributed by atoms with Gasteiger partial charge in [-0.3, -0.25) is 34.8 Å². The summed E-state index contributed by atoms with van der Waals surface area (Å²) in [4.78, 5) is 117. The second kappa shape index (κ2) is 36.3. The standard InChI is InChI=1S/C48H75N13O23/c1-4-10-77-12-14-79-16-17-80-15-13-78-11-5-34(68)61-20-26(41(69)53-6-8-55-47(75)83-37(30(66)22-62)39-35(57-24(2)64)28(59-45(49)50)18-32(81-39)43(71)72)27(21-61)42(70)54-7-9-56-48(76)84-38(31(67)23-63)40-36(58-25(3)65)29(60-46(51)52)19-33(82-40)44(73)74/h1,18-19,26-31,35-40,62-63,66-67H,5-17,20-23H2,2-3H3,(H,53,69)(H,54,70)(H,55,75)(H,56,76)(H,57,64)(H,58,65)(H,71,72)(H,73,74)(H4,49,50,59)(H4,51,52,60)/t26-,27+,28-,29-,30+,31+,35+,36+,37+,38+,39+,40+/m0/s1. The van der Waals surface area contributed by atoms with Crippen LogP contribution in [0.3, 0.4) is 0 Å². The maximum absolute atomic E-state index is 13.8. The third-order valence-corrected chi connectivity index (χ3v) is 12.2. The van der Waals surface area contributed by atoms with Crippen LogP contribution in [0.15, 0.2) is 23.7 Å². The number of terminal acetylenes is 1. The summed E-state index contributed by atoms with van der Waals surface area (Å²) in [6.45, 7) is -0.380. The van der Waals surface area contributed by atoms with Crippen molar-refractivity contribution in [1.29, 1.82) is 10.8 Å². The van der Waals surface area contributed by atoms with E-state index in [0.29, 0.717) is 13.2 Å². The minimum absolute atomic E-state index is 0.0620. The second-order valence-electron chi connectivity index (χ2n) is 18.5. The lowest BCUT2D eigenvalue weighted by molar-refractivity contribution is -0.147. The number of ether oxygens (including phenoxy) is 8. The van der Waals surface area contributed by atoms with Gasteiger partial charge in [-0.05, 0) is 12.2 Å². The third kappa shape index (κ3) is 23.5. The molecule has 0 aliphatic carbocycles. The summed E-state index contributed by atoms with van der Waals surface area (Å²) in [7, 11) is 0. The number of amides is 7. The van der Waals surface area contributed by atoms with Crippen molar-refractivity contribution >= 4 is 65.6 Å². The number of nitrogens with one attached hydrogen (secondary N) is 10. The van der Waals surface area contributed by atoms with Gasteiger partial charge in [-0.1, -0.05) is 5.92 Å². The van der Waals surface area contributed by atoms with E-state index in [4.69, 9.17) is 66.6 Å². The van der Waals surface area contributed by atoms with Crippen LogP contribution in [0.2, 0.25) is 0 Å². The molecule has 7 amide bonds. The minimum Gasteiger partial charge on any atom is -0.477 e. The fraction of sp³-hybridized carbons (Fsp3) is 0.646. The van der Waals surface area contributed by atoms with Gasteiger partial charge >= 0.3 is 24.1 Å². The number of carboxylic acid groups (broad SMARTS) is 2. The molecule has 0 aromatic heterocycles. The van der Waals surface area contributed by atoms with Gasteiger partial charge in [0.05, 0.1) is 102 Å². The summed E-state index contributed by atoms with van der Waals surface area (Å²) in [5.74, 6) is -9.58. The Labute approximate surface area is 480 Å². The lowest BCUT2D eigenvalue weighted by atomic mass is 9.92. The fourth-order valence-corrected chi connectivity index (χ4v) is 8.56. The molecule has 3 aliphatic heterocycles. The molecule has 36 nitrogen and oxygen atoms in total. The Hall–Kier alpha value is -8.31. The monoisotopic (exact) mass is 1200 g/mol. The highest BCUT2D eigenvalue weighted by molar-refractivity contribution is 5.91. The number of rotatable bonds is 35. The fourth-order valence-electron chi connectivity index (χ4n) is 8.56. The molecule has 84 heavy (non-hydrogen) atoms. The largest absolute Gasteiger partial charge is 0.477 e. The summed E-state index contributed by atoms with van der Waals surface area (Å²) in [5.41, 5.74) is 10.9. The maximum atomic E-state index is 13.8. The number of carbonyl (C=O) groups is 9. The van der Waals surface area contributed by atoms with Crippen molar-refractivity contribution in [1.82, 2.24) is 47.4 Å². The number of carboxylic acids is 2. The van der Waals surface area contributed by atoms with Gasteiger partial charge in [0.1, 0.15) is 18.8 Å². The average molecular weight is 1200 g/mol. The second-order valence-corrected chi connectivity index (χ2v) is 18.5. The van der Waals surface area contributed by atoms with Crippen molar-refractivity contribution in [2.45, 2.75) is 81.1 Å². The van der Waals surface area contributed by atoms with Crippen LogP contribution in [0.1, 0.15) is 20.3 Å². The van der Waals surface area contributed by atoms with Crippen LogP contribution in [-0.4, -0.2) is 267 Å². The first kappa shape index (κ1) is 70.0. The summed E-state index contributed by atoms with van der Waals surface area (Å²) in [6.07, 6.45) is -6.78. The van der Waals surface area contributed by atoms with Crippen molar-refractivity contribution in [3.63, 3.8) is 0 Å². The molecule has 1 fully saturated rings.